The number of halogens is 3. The minimum atomic E-state index is -4.49. The van der Waals surface area contributed by atoms with Gasteiger partial charge in [0.15, 0.2) is 5.69 Å². The molecule has 1 aromatic carbocycles. The van der Waals surface area contributed by atoms with E-state index in [1.54, 1.807) is 0 Å². The molecule has 134 valence electrons. The van der Waals surface area contributed by atoms with E-state index in [9.17, 15) is 27.9 Å². The summed E-state index contributed by atoms with van der Waals surface area (Å²) in [6.45, 7) is 2.72. The van der Waals surface area contributed by atoms with Crippen molar-refractivity contribution in [2.75, 3.05) is 7.05 Å². The maximum Gasteiger partial charge on any atom is 0.416 e. The van der Waals surface area contributed by atoms with Gasteiger partial charge in [0.05, 0.1) is 11.3 Å². The van der Waals surface area contributed by atoms with E-state index in [0.717, 1.165) is 21.7 Å². The molecule has 0 spiro atoms. The van der Waals surface area contributed by atoms with Crippen LogP contribution in [0.25, 0.3) is 5.69 Å². The van der Waals surface area contributed by atoms with E-state index in [2.05, 4.69) is 5.10 Å². The zero-order valence-electron chi connectivity index (χ0n) is 13.7. The van der Waals surface area contributed by atoms with Gasteiger partial charge in [0.25, 0.3) is 5.91 Å². The van der Waals surface area contributed by atoms with Crippen molar-refractivity contribution in [1.82, 2.24) is 14.7 Å². The van der Waals surface area contributed by atoms with Crippen molar-refractivity contribution in [3.05, 3.63) is 47.8 Å². The molecule has 2 rings (SSSR count). The van der Waals surface area contributed by atoms with Gasteiger partial charge in [0.1, 0.15) is 5.54 Å². The van der Waals surface area contributed by atoms with E-state index in [-0.39, 0.29) is 11.4 Å². The molecule has 1 amide bonds. The number of carbonyl (C=O) groups is 2. The predicted molar refractivity (Wildman–Crippen MR) is 82.4 cm³/mol. The molecule has 0 radical (unpaired) electrons. The van der Waals surface area contributed by atoms with Crippen LogP contribution in [0.5, 0.6) is 0 Å². The van der Waals surface area contributed by atoms with Crippen LogP contribution in [0.3, 0.4) is 0 Å². The van der Waals surface area contributed by atoms with Gasteiger partial charge in [-0.05, 0) is 38.1 Å². The van der Waals surface area contributed by atoms with Gasteiger partial charge in [0.2, 0.25) is 0 Å². The van der Waals surface area contributed by atoms with Crippen LogP contribution in [0.1, 0.15) is 29.9 Å². The molecule has 0 saturated carbocycles. The normalized spacial score (nSPS) is 12.1. The lowest BCUT2D eigenvalue weighted by Gasteiger charge is -2.30. The number of nitrogens with zero attached hydrogens (tertiary/aromatic N) is 3. The molecule has 1 N–H and O–H groups in total. The summed E-state index contributed by atoms with van der Waals surface area (Å²) in [4.78, 5) is 24.6. The third-order valence-electron chi connectivity index (χ3n) is 3.91. The van der Waals surface area contributed by atoms with Crippen molar-refractivity contribution in [2.24, 2.45) is 0 Å². The second-order valence-corrected chi connectivity index (χ2v) is 5.92. The average molecular weight is 355 g/mol. The van der Waals surface area contributed by atoms with Gasteiger partial charge in [-0.3, -0.25) is 4.79 Å². The standard InChI is InChI=1S/C16H16F3N3O3/c1-15(2,14(24)25)21(3)13(23)12-7-8-22(20-12)11-6-4-5-10(9-11)16(17,18)19/h4-9H,1-3H3,(H,24,25). The smallest absolute Gasteiger partial charge is 0.416 e. The van der Waals surface area contributed by atoms with Gasteiger partial charge in [-0.15, -0.1) is 0 Å². The number of amides is 1. The number of alkyl halides is 3. The summed E-state index contributed by atoms with van der Waals surface area (Å²) in [7, 11) is 1.32. The van der Waals surface area contributed by atoms with Gasteiger partial charge in [-0.1, -0.05) is 6.07 Å². The van der Waals surface area contributed by atoms with Gasteiger partial charge in [0, 0.05) is 13.2 Å². The van der Waals surface area contributed by atoms with Crippen LogP contribution in [0.4, 0.5) is 13.2 Å². The maximum atomic E-state index is 12.8. The van der Waals surface area contributed by atoms with Crippen molar-refractivity contribution in [1.29, 1.82) is 0 Å². The molecule has 6 nitrogen and oxygen atoms in total. The van der Waals surface area contributed by atoms with Crippen LogP contribution in [-0.4, -0.2) is 44.3 Å². The Morgan fingerprint density at radius 2 is 1.84 bits per heavy atom. The number of rotatable bonds is 4. The van der Waals surface area contributed by atoms with Crippen LogP contribution in [-0.2, 0) is 11.0 Å². The molecular formula is C16H16F3N3O3. The molecule has 0 saturated heterocycles. The summed E-state index contributed by atoms with van der Waals surface area (Å²) >= 11 is 0. The second-order valence-electron chi connectivity index (χ2n) is 5.92. The lowest BCUT2D eigenvalue weighted by atomic mass is 10.0. The van der Waals surface area contributed by atoms with Crippen molar-refractivity contribution >= 4 is 11.9 Å². The van der Waals surface area contributed by atoms with Gasteiger partial charge < -0.3 is 10.0 Å². The minimum Gasteiger partial charge on any atom is -0.480 e. The fourth-order valence-corrected chi connectivity index (χ4v) is 1.98. The van der Waals surface area contributed by atoms with E-state index in [1.165, 1.54) is 45.3 Å². The molecule has 0 aliphatic rings. The highest BCUT2D eigenvalue weighted by Gasteiger charge is 2.36. The molecule has 0 fully saturated rings. The lowest BCUT2D eigenvalue weighted by molar-refractivity contribution is -0.147. The highest BCUT2D eigenvalue weighted by atomic mass is 19.4. The molecule has 0 aliphatic carbocycles. The molecular weight excluding hydrogens is 339 g/mol. The average Bonchev–Trinajstić information content (AvgIpc) is 3.02. The van der Waals surface area contributed by atoms with E-state index >= 15 is 0 Å². The monoisotopic (exact) mass is 355 g/mol. The fraction of sp³-hybridized carbons (Fsp3) is 0.312. The number of likely N-dealkylation sites (N-methyl/N-ethyl adjacent to an activating group) is 1. The minimum absolute atomic E-state index is 0.0748. The second kappa shape index (κ2) is 6.23. The first kappa shape index (κ1) is 18.5. The fourth-order valence-electron chi connectivity index (χ4n) is 1.98. The van der Waals surface area contributed by atoms with E-state index in [0.29, 0.717) is 0 Å². The van der Waals surface area contributed by atoms with Crippen LogP contribution < -0.4 is 0 Å². The quantitative estimate of drug-likeness (QED) is 0.915. The number of benzene rings is 1. The lowest BCUT2D eigenvalue weighted by Crippen LogP contribution is -2.50. The Hall–Kier alpha value is -2.84. The first-order chi connectivity index (χ1) is 11.4. The predicted octanol–water partition coefficient (Wildman–Crippen LogP) is 2.83. The summed E-state index contributed by atoms with van der Waals surface area (Å²) in [5.74, 6) is -1.85. The molecule has 0 bridgehead atoms. The van der Waals surface area contributed by atoms with Gasteiger partial charge >= 0.3 is 12.1 Å². The molecule has 2 aromatic rings. The molecule has 9 heteroatoms. The molecule has 1 heterocycles. The summed E-state index contributed by atoms with van der Waals surface area (Å²) in [6.07, 6.45) is -3.15. The summed E-state index contributed by atoms with van der Waals surface area (Å²) in [5, 5.41) is 13.1. The third kappa shape index (κ3) is 3.65. The van der Waals surface area contributed by atoms with Crippen LogP contribution in [0.2, 0.25) is 0 Å². The maximum absolute atomic E-state index is 12.8. The van der Waals surface area contributed by atoms with Crippen molar-refractivity contribution in [3.63, 3.8) is 0 Å². The Bertz CT molecular complexity index is 812. The Morgan fingerprint density at radius 3 is 2.40 bits per heavy atom. The SMILES string of the molecule is CN(C(=O)c1ccn(-c2cccc(C(F)(F)F)c2)n1)C(C)(C)C(=O)O. The Morgan fingerprint density at radius 1 is 1.20 bits per heavy atom. The molecule has 0 aliphatic heterocycles. The number of hydrogen-bond acceptors (Lipinski definition) is 3. The first-order valence-electron chi connectivity index (χ1n) is 7.19. The van der Waals surface area contributed by atoms with Crippen LogP contribution in [0, 0.1) is 0 Å². The highest BCUT2D eigenvalue weighted by molar-refractivity contribution is 5.95. The third-order valence-corrected chi connectivity index (χ3v) is 3.91. The number of carboxylic acid groups (broad SMARTS) is 1. The topological polar surface area (TPSA) is 75.4 Å². The Balaban J connectivity index is 2.32. The van der Waals surface area contributed by atoms with Gasteiger partial charge in [-0.25, -0.2) is 9.48 Å². The first-order valence-corrected chi connectivity index (χ1v) is 7.19. The number of carboxylic acids is 1. The van der Waals surface area contributed by atoms with Crippen molar-refractivity contribution in [3.8, 4) is 5.69 Å². The van der Waals surface area contributed by atoms with Crippen LogP contribution in [0.15, 0.2) is 36.5 Å². The van der Waals surface area contributed by atoms with Crippen molar-refractivity contribution in [2.45, 2.75) is 25.6 Å². The van der Waals surface area contributed by atoms with E-state index in [4.69, 9.17) is 0 Å². The Labute approximate surface area is 141 Å². The zero-order chi connectivity index (χ0) is 19.0. The van der Waals surface area contributed by atoms with Gasteiger partial charge in [-0.2, -0.15) is 18.3 Å². The number of aromatic nitrogens is 2. The summed E-state index contributed by atoms with van der Waals surface area (Å²) in [6, 6.07) is 5.81. The van der Waals surface area contributed by atoms with E-state index in [1.807, 2.05) is 0 Å². The summed E-state index contributed by atoms with van der Waals surface area (Å²) in [5.41, 5.74) is -2.24. The number of carbonyl (C=O) groups excluding carboxylic acids is 1. The molecule has 1 aromatic heterocycles. The highest BCUT2D eigenvalue weighted by Crippen LogP contribution is 2.30. The number of hydrogen-bond donors (Lipinski definition) is 1. The molecule has 0 atom stereocenters. The Kier molecular flexibility index (Phi) is 4.61. The number of aliphatic carboxylic acids is 1. The zero-order valence-corrected chi connectivity index (χ0v) is 13.7. The van der Waals surface area contributed by atoms with Crippen LogP contribution >= 0.6 is 0 Å². The summed E-state index contributed by atoms with van der Waals surface area (Å²) < 4.78 is 39.5. The largest absolute Gasteiger partial charge is 0.480 e. The van der Waals surface area contributed by atoms with E-state index < -0.39 is 29.2 Å². The molecule has 0 unspecified atom stereocenters. The molecule has 25 heavy (non-hydrogen) atoms. The van der Waals surface area contributed by atoms with Crippen molar-refractivity contribution < 1.29 is 27.9 Å².